The predicted octanol–water partition coefficient (Wildman–Crippen LogP) is 0.896. The lowest BCUT2D eigenvalue weighted by Crippen LogP contribution is -2.46. The number of anilines is 1. The number of methoxy groups -OCH3 is 1. The molecule has 1 atom stereocenters. The molecule has 0 amide bonds. The number of benzene rings is 1. The topological polar surface area (TPSA) is 72.6 Å². The summed E-state index contributed by atoms with van der Waals surface area (Å²) in [4.78, 5) is 2.16. The van der Waals surface area contributed by atoms with Gasteiger partial charge in [0.25, 0.3) is 0 Å². The van der Waals surface area contributed by atoms with Crippen LogP contribution in [0.4, 0.5) is 5.69 Å². The normalized spacial score (nSPS) is 23.2. The Labute approximate surface area is 114 Å². The Hall–Kier alpha value is -1.27. The van der Waals surface area contributed by atoms with E-state index in [-0.39, 0.29) is 17.5 Å². The molecule has 106 valence electrons. The lowest BCUT2D eigenvalue weighted by Gasteiger charge is -2.33. The van der Waals surface area contributed by atoms with E-state index >= 15 is 0 Å². The van der Waals surface area contributed by atoms with E-state index in [1.165, 1.54) is 0 Å². The van der Waals surface area contributed by atoms with Crippen molar-refractivity contribution in [1.29, 1.82) is 0 Å². The summed E-state index contributed by atoms with van der Waals surface area (Å²) in [5.74, 6) is 1.21. The van der Waals surface area contributed by atoms with E-state index in [4.69, 9.17) is 10.5 Å². The highest BCUT2D eigenvalue weighted by Crippen LogP contribution is 2.24. The van der Waals surface area contributed by atoms with Crippen molar-refractivity contribution in [2.24, 2.45) is 0 Å². The molecule has 0 radical (unpaired) electrons. The third-order valence-electron chi connectivity index (χ3n) is 3.49. The molecule has 1 aliphatic heterocycles. The standard InChI is InChI=1S/C13H20N2O3S/c1-10-9-19(16,17)6-5-15(10)8-11-3-4-12(14)7-13(11)18-2/h3-4,7,10H,5-6,8-9,14H2,1-2H3. The first kappa shape index (κ1) is 14.1. The van der Waals surface area contributed by atoms with Gasteiger partial charge in [0.1, 0.15) is 5.75 Å². The summed E-state index contributed by atoms with van der Waals surface area (Å²) >= 11 is 0. The molecule has 0 aromatic heterocycles. The van der Waals surface area contributed by atoms with Gasteiger partial charge in [0, 0.05) is 36.4 Å². The predicted molar refractivity (Wildman–Crippen MR) is 75.9 cm³/mol. The molecule has 1 saturated heterocycles. The summed E-state index contributed by atoms with van der Waals surface area (Å²) in [7, 11) is -1.26. The van der Waals surface area contributed by atoms with Crippen LogP contribution in [0.1, 0.15) is 12.5 Å². The maximum absolute atomic E-state index is 11.6. The minimum atomic E-state index is -2.87. The Balaban J connectivity index is 2.14. The van der Waals surface area contributed by atoms with Gasteiger partial charge in [-0.3, -0.25) is 4.90 Å². The van der Waals surface area contributed by atoms with Crippen LogP contribution in [-0.2, 0) is 16.4 Å². The zero-order chi connectivity index (χ0) is 14.0. The molecule has 0 bridgehead atoms. The monoisotopic (exact) mass is 284 g/mol. The Bertz CT molecular complexity index is 557. The highest BCUT2D eigenvalue weighted by molar-refractivity contribution is 7.91. The molecule has 0 saturated carbocycles. The molecule has 19 heavy (non-hydrogen) atoms. The summed E-state index contributed by atoms with van der Waals surface area (Å²) in [6.45, 7) is 3.19. The number of hydrogen-bond acceptors (Lipinski definition) is 5. The fourth-order valence-corrected chi connectivity index (χ4v) is 4.00. The van der Waals surface area contributed by atoms with E-state index in [1.54, 1.807) is 13.2 Å². The maximum atomic E-state index is 11.6. The van der Waals surface area contributed by atoms with Crippen molar-refractivity contribution in [1.82, 2.24) is 4.90 Å². The zero-order valence-electron chi connectivity index (χ0n) is 11.3. The molecule has 1 fully saturated rings. The molecule has 6 heteroatoms. The minimum Gasteiger partial charge on any atom is -0.496 e. The van der Waals surface area contributed by atoms with Gasteiger partial charge in [-0.25, -0.2) is 8.42 Å². The third kappa shape index (κ3) is 3.39. The first-order valence-electron chi connectivity index (χ1n) is 6.28. The van der Waals surface area contributed by atoms with E-state index in [2.05, 4.69) is 4.90 Å². The Morgan fingerprint density at radius 1 is 1.47 bits per heavy atom. The molecule has 1 aliphatic rings. The molecule has 1 aromatic rings. The van der Waals surface area contributed by atoms with Gasteiger partial charge in [-0.05, 0) is 13.0 Å². The van der Waals surface area contributed by atoms with Crippen molar-refractivity contribution in [2.75, 3.05) is 30.9 Å². The average Bonchev–Trinajstić information content (AvgIpc) is 2.33. The number of nitrogen functional groups attached to an aromatic ring is 1. The number of hydrogen-bond donors (Lipinski definition) is 1. The summed E-state index contributed by atoms with van der Waals surface area (Å²) in [6, 6.07) is 5.59. The maximum Gasteiger partial charge on any atom is 0.153 e. The zero-order valence-corrected chi connectivity index (χ0v) is 12.1. The first-order valence-corrected chi connectivity index (χ1v) is 8.10. The molecular weight excluding hydrogens is 264 g/mol. The minimum absolute atomic E-state index is 0.0287. The van der Waals surface area contributed by atoms with Crippen molar-refractivity contribution < 1.29 is 13.2 Å². The van der Waals surface area contributed by atoms with Crippen LogP contribution in [0.5, 0.6) is 5.75 Å². The molecule has 0 spiro atoms. The summed E-state index contributed by atoms with van der Waals surface area (Å²) < 4.78 is 28.4. The Kier molecular flexibility index (Phi) is 4.01. The molecule has 1 aromatic carbocycles. The largest absolute Gasteiger partial charge is 0.496 e. The smallest absolute Gasteiger partial charge is 0.153 e. The average molecular weight is 284 g/mol. The van der Waals surface area contributed by atoms with E-state index in [0.29, 0.717) is 18.8 Å². The highest BCUT2D eigenvalue weighted by Gasteiger charge is 2.28. The van der Waals surface area contributed by atoms with Crippen LogP contribution >= 0.6 is 0 Å². The number of ether oxygens (including phenoxy) is 1. The van der Waals surface area contributed by atoms with E-state index in [0.717, 1.165) is 11.3 Å². The van der Waals surface area contributed by atoms with Gasteiger partial charge in [-0.15, -0.1) is 0 Å². The second kappa shape index (κ2) is 5.38. The van der Waals surface area contributed by atoms with Crippen LogP contribution in [0.25, 0.3) is 0 Å². The van der Waals surface area contributed by atoms with Crippen LogP contribution in [0.2, 0.25) is 0 Å². The number of nitrogens with zero attached hydrogens (tertiary/aromatic N) is 1. The Morgan fingerprint density at radius 2 is 2.21 bits per heavy atom. The van der Waals surface area contributed by atoms with Gasteiger partial charge in [0.05, 0.1) is 18.6 Å². The number of rotatable bonds is 3. The van der Waals surface area contributed by atoms with Crippen LogP contribution in [0, 0.1) is 0 Å². The second-order valence-corrected chi connectivity index (χ2v) is 7.23. The molecule has 0 aliphatic carbocycles. The van der Waals surface area contributed by atoms with Crippen molar-refractivity contribution in [2.45, 2.75) is 19.5 Å². The van der Waals surface area contributed by atoms with Crippen molar-refractivity contribution in [3.05, 3.63) is 23.8 Å². The molecule has 2 rings (SSSR count). The molecule has 1 heterocycles. The SMILES string of the molecule is COc1cc(N)ccc1CN1CCS(=O)(=O)CC1C. The summed E-state index contributed by atoms with van der Waals surface area (Å²) in [5, 5.41) is 0. The number of nitrogens with two attached hydrogens (primary N) is 1. The third-order valence-corrected chi connectivity index (χ3v) is 5.29. The van der Waals surface area contributed by atoms with E-state index in [1.807, 2.05) is 19.1 Å². The number of sulfone groups is 1. The highest BCUT2D eigenvalue weighted by atomic mass is 32.2. The van der Waals surface area contributed by atoms with Gasteiger partial charge in [-0.2, -0.15) is 0 Å². The van der Waals surface area contributed by atoms with Gasteiger partial charge < -0.3 is 10.5 Å². The van der Waals surface area contributed by atoms with Gasteiger partial charge >= 0.3 is 0 Å². The van der Waals surface area contributed by atoms with E-state index < -0.39 is 9.84 Å². The summed E-state index contributed by atoms with van der Waals surface area (Å²) in [6.07, 6.45) is 0. The quantitative estimate of drug-likeness (QED) is 0.835. The second-order valence-electron chi connectivity index (χ2n) is 5.01. The fourth-order valence-electron chi connectivity index (χ4n) is 2.38. The van der Waals surface area contributed by atoms with Crippen LogP contribution < -0.4 is 10.5 Å². The van der Waals surface area contributed by atoms with Crippen LogP contribution in [0.3, 0.4) is 0 Å². The molecule has 1 unspecified atom stereocenters. The van der Waals surface area contributed by atoms with Gasteiger partial charge in [-0.1, -0.05) is 6.07 Å². The lowest BCUT2D eigenvalue weighted by molar-refractivity contribution is 0.215. The fraction of sp³-hybridized carbons (Fsp3) is 0.538. The van der Waals surface area contributed by atoms with E-state index in [9.17, 15) is 8.42 Å². The Morgan fingerprint density at radius 3 is 2.84 bits per heavy atom. The molecule has 5 nitrogen and oxygen atoms in total. The van der Waals surface area contributed by atoms with Crippen LogP contribution in [-0.4, -0.2) is 44.5 Å². The van der Waals surface area contributed by atoms with Crippen molar-refractivity contribution in [3.8, 4) is 5.75 Å². The van der Waals surface area contributed by atoms with Gasteiger partial charge in [0.2, 0.25) is 0 Å². The van der Waals surface area contributed by atoms with Crippen molar-refractivity contribution in [3.63, 3.8) is 0 Å². The molecular formula is C13H20N2O3S. The van der Waals surface area contributed by atoms with Crippen LogP contribution in [0.15, 0.2) is 18.2 Å². The lowest BCUT2D eigenvalue weighted by atomic mass is 10.1. The van der Waals surface area contributed by atoms with Gasteiger partial charge in [0.15, 0.2) is 9.84 Å². The van der Waals surface area contributed by atoms with Crippen molar-refractivity contribution >= 4 is 15.5 Å². The summed E-state index contributed by atoms with van der Waals surface area (Å²) in [5.41, 5.74) is 7.42. The molecule has 2 N–H and O–H groups in total. The first-order chi connectivity index (χ1) is 8.91.